The van der Waals surface area contributed by atoms with Crippen LogP contribution < -0.4 is 5.32 Å². The van der Waals surface area contributed by atoms with E-state index in [9.17, 15) is 9.59 Å². The van der Waals surface area contributed by atoms with Gasteiger partial charge in [-0.05, 0) is 47.9 Å². The summed E-state index contributed by atoms with van der Waals surface area (Å²) >= 11 is 0. The zero-order valence-electron chi connectivity index (χ0n) is 22.4. The molecule has 4 nitrogen and oxygen atoms in total. The van der Waals surface area contributed by atoms with Gasteiger partial charge in [0.2, 0.25) is 11.8 Å². The molecule has 0 aliphatic heterocycles. The van der Waals surface area contributed by atoms with Crippen LogP contribution in [0.2, 0.25) is 0 Å². The van der Waals surface area contributed by atoms with Gasteiger partial charge < -0.3 is 10.2 Å². The molecule has 0 radical (unpaired) electrons. The van der Waals surface area contributed by atoms with Crippen molar-refractivity contribution in [1.29, 1.82) is 0 Å². The molecule has 3 aromatic rings. The first-order valence-electron chi connectivity index (χ1n) is 12.9. The zero-order chi connectivity index (χ0) is 26.1. The summed E-state index contributed by atoms with van der Waals surface area (Å²) in [7, 11) is 0. The minimum absolute atomic E-state index is 0.0106. The van der Waals surface area contributed by atoms with E-state index in [1.807, 2.05) is 62.4 Å². The van der Waals surface area contributed by atoms with Crippen molar-refractivity contribution in [3.8, 4) is 0 Å². The Kier molecular flexibility index (Phi) is 9.46. The van der Waals surface area contributed by atoms with E-state index in [2.05, 4.69) is 56.4 Å². The first kappa shape index (κ1) is 27.2. The Morgan fingerprint density at radius 1 is 0.861 bits per heavy atom. The largest absolute Gasteiger partial charge is 0.355 e. The van der Waals surface area contributed by atoms with Crippen LogP contribution >= 0.6 is 0 Å². The lowest BCUT2D eigenvalue weighted by atomic mass is 9.86. The molecule has 0 aliphatic rings. The first-order chi connectivity index (χ1) is 17.2. The minimum atomic E-state index is -0.580. The van der Waals surface area contributed by atoms with Crippen molar-refractivity contribution < 1.29 is 9.59 Å². The predicted molar refractivity (Wildman–Crippen MR) is 148 cm³/mol. The number of aryl methyl sites for hydroxylation is 2. The number of likely N-dealkylation sites (N-methyl/N-ethyl adjacent to an activating group) is 1. The average molecular weight is 485 g/mol. The van der Waals surface area contributed by atoms with E-state index in [1.165, 1.54) is 5.56 Å². The Balaban J connectivity index is 1.86. The van der Waals surface area contributed by atoms with Crippen molar-refractivity contribution in [2.75, 3.05) is 6.54 Å². The number of carbonyl (C=O) groups is 2. The third kappa shape index (κ3) is 7.81. The minimum Gasteiger partial charge on any atom is -0.355 e. The maximum Gasteiger partial charge on any atom is 0.243 e. The van der Waals surface area contributed by atoms with Gasteiger partial charge in [0.05, 0.1) is 0 Å². The van der Waals surface area contributed by atoms with Crippen LogP contribution in [0.1, 0.15) is 61.9 Å². The Hall–Kier alpha value is -3.40. The topological polar surface area (TPSA) is 49.4 Å². The van der Waals surface area contributed by atoms with Crippen LogP contribution in [0.15, 0.2) is 78.9 Å². The highest BCUT2D eigenvalue weighted by Gasteiger charge is 2.30. The lowest BCUT2D eigenvalue weighted by Crippen LogP contribution is -2.50. The number of hydrogen-bond donors (Lipinski definition) is 1. The van der Waals surface area contributed by atoms with Crippen LogP contribution in [0.4, 0.5) is 0 Å². The van der Waals surface area contributed by atoms with Gasteiger partial charge in [-0.25, -0.2) is 0 Å². The van der Waals surface area contributed by atoms with Crippen LogP contribution in [-0.2, 0) is 34.4 Å². The van der Waals surface area contributed by atoms with Crippen molar-refractivity contribution in [1.82, 2.24) is 10.2 Å². The maximum absolute atomic E-state index is 13.7. The van der Waals surface area contributed by atoms with Gasteiger partial charge in [0.25, 0.3) is 0 Å². The Bertz CT molecular complexity index is 1130. The zero-order valence-corrected chi connectivity index (χ0v) is 22.4. The van der Waals surface area contributed by atoms with Crippen molar-refractivity contribution >= 4 is 11.8 Å². The molecule has 1 atom stereocenters. The summed E-state index contributed by atoms with van der Waals surface area (Å²) in [4.78, 5) is 28.7. The average Bonchev–Trinajstić information content (AvgIpc) is 2.85. The summed E-state index contributed by atoms with van der Waals surface area (Å²) in [5.74, 6) is -0.125. The summed E-state index contributed by atoms with van der Waals surface area (Å²) in [6, 6.07) is 26.0. The number of amides is 2. The molecular weight excluding hydrogens is 444 g/mol. The second-order valence-corrected chi connectivity index (χ2v) is 10.6. The summed E-state index contributed by atoms with van der Waals surface area (Å²) in [6.45, 7) is 11.5. The monoisotopic (exact) mass is 484 g/mol. The van der Waals surface area contributed by atoms with Gasteiger partial charge in [0.1, 0.15) is 6.04 Å². The molecule has 4 heteroatoms. The summed E-state index contributed by atoms with van der Waals surface area (Å²) in [5.41, 5.74) is 5.70. The molecule has 2 amide bonds. The smallest absolute Gasteiger partial charge is 0.243 e. The van der Waals surface area contributed by atoms with E-state index in [1.54, 1.807) is 4.90 Å². The second-order valence-electron chi connectivity index (χ2n) is 10.6. The molecule has 0 saturated heterocycles. The summed E-state index contributed by atoms with van der Waals surface area (Å²) < 4.78 is 0. The second kappa shape index (κ2) is 12.5. The van der Waals surface area contributed by atoms with Gasteiger partial charge in [-0.15, -0.1) is 0 Å². The summed E-state index contributed by atoms with van der Waals surface area (Å²) in [6.07, 6.45) is 1.47. The molecule has 0 heterocycles. The highest BCUT2D eigenvalue weighted by atomic mass is 16.2. The van der Waals surface area contributed by atoms with E-state index in [0.717, 1.165) is 22.3 Å². The van der Waals surface area contributed by atoms with Crippen LogP contribution in [0.25, 0.3) is 0 Å². The molecule has 0 aromatic heterocycles. The fraction of sp³-hybridized carbons (Fsp3) is 0.375. The van der Waals surface area contributed by atoms with Gasteiger partial charge >= 0.3 is 0 Å². The molecule has 0 bridgehead atoms. The molecule has 1 N–H and O–H groups in total. The van der Waals surface area contributed by atoms with Crippen LogP contribution in [0, 0.1) is 6.92 Å². The quantitative estimate of drug-likeness (QED) is 0.384. The third-order valence-corrected chi connectivity index (χ3v) is 6.51. The van der Waals surface area contributed by atoms with E-state index in [-0.39, 0.29) is 17.2 Å². The number of nitrogens with one attached hydrogen (secondary N) is 1. The molecule has 1 unspecified atom stereocenters. The van der Waals surface area contributed by atoms with Crippen molar-refractivity contribution in [3.05, 3.63) is 107 Å². The normalized spacial score (nSPS) is 12.1. The van der Waals surface area contributed by atoms with Crippen LogP contribution in [-0.4, -0.2) is 29.3 Å². The summed E-state index contributed by atoms with van der Waals surface area (Å²) in [5, 5.41) is 2.96. The number of hydrogen-bond acceptors (Lipinski definition) is 2. The van der Waals surface area contributed by atoms with Gasteiger partial charge in [0.15, 0.2) is 0 Å². The standard InChI is InChI=1S/C32H40N2O2/c1-6-33-31(36)29(22-26-12-8-7-9-13-26)34(23-27-14-10-11-24(2)21-27)30(35)20-17-25-15-18-28(19-16-25)32(3,4)5/h7-16,18-19,21,29H,6,17,20,22-23H2,1-5H3,(H,33,36). The van der Waals surface area contributed by atoms with Crippen LogP contribution in [0.3, 0.4) is 0 Å². The highest BCUT2D eigenvalue weighted by molar-refractivity contribution is 5.88. The fourth-order valence-electron chi connectivity index (χ4n) is 4.42. The molecule has 0 fully saturated rings. The van der Waals surface area contributed by atoms with Gasteiger partial charge in [0, 0.05) is 25.9 Å². The third-order valence-electron chi connectivity index (χ3n) is 6.51. The molecule has 190 valence electrons. The Labute approximate surface area is 216 Å². The Morgan fingerprint density at radius 3 is 2.14 bits per heavy atom. The molecular formula is C32H40N2O2. The van der Waals surface area contributed by atoms with Crippen LogP contribution in [0.5, 0.6) is 0 Å². The highest BCUT2D eigenvalue weighted by Crippen LogP contribution is 2.23. The Morgan fingerprint density at radius 2 is 1.53 bits per heavy atom. The molecule has 0 saturated carbocycles. The number of benzene rings is 3. The van der Waals surface area contributed by atoms with Gasteiger partial charge in [-0.1, -0.05) is 105 Å². The molecule has 0 aliphatic carbocycles. The number of nitrogens with zero attached hydrogens (tertiary/aromatic N) is 1. The van der Waals surface area contributed by atoms with E-state index < -0.39 is 6.04 Å². The number of rotatable bonds is 10. The van der Waals surface area contributed by atoms with E-state index >= 15 is 0 Å². The predicted octanol–water partition coefficient (Wildman–Crippen LogP) is 6.00. The molecule has 3 rings (SSSR count). The number of carbonyl (C=O) groups excluding carboxylic acids is 2. The molecule has 36 heavy (non-hydrogen) atoms. The van der Waals surface area contributed by atoms with E-state index in [4.69, 9.17) is 0 Å². The van der Waals surface area contributed by atoms with E-state index in [0.29, 0.717) is 32.4 Å². The lowest BCUT2D eigenvalue weighted by molar-refractivity contribution is -0.141. The molecule has 0 spiro atoms. The van der Waals surface area contributed by atoms with Gasteiger partial charge in [-0.2, -0.15) is 0 Å². The SMILES string of the molecule is CCNC(=O)C(Cc1ccccc1)N(Cc1cccc(C)c1)C(=O)CCc1ccc(C(C)(C)C)cc1. The van der Waals surface area contributed by atoms with Crippen molar-refractivity contribution in [2.45, 2.75) is 71.9 Å². The van der Waals surface area contributed by atoms with Crippen molar-refractivity contribution in [3.63, 3.8) is 0 Å². The maximum atomic E-state index is 13.7. The van der Waals surface area contributed by atoms with Gasteiger partial charge in [-0.3, -0.25) is 9.59 Å². The first-order valence-corrected chi connectivity index (χ1v) is 12.9. The fourth-order valence-corrected chi connectivity index (χ4v) is 4.42. The lowest BCUT2D eigenvalue weighted by Gasteiger charge is -2.31. The van der Waals surface area contributed by atoms with Crippen molar-refractivity contribution in [2.24, 2.45) is 0 Å². The molecule has 3 aromatic carbocycles.